The third-order valence-electron chi connectivity index (χ3n) is 2.44. The van der Waals surface area contributed by atoms with Crippen molar-refractivity contribution in [2.75, 3.05) is 20.3 Å². The highest BCUT2D eigenvalue weighted by molar-refractivity contribution is 5.98. The third kappa shape index (κ3) is 6.40. The lowest BCUT2D eigenvalue weighted by Gasteiger charge is -2.07. The van der Waals surface area contributed by atoms with Crippen molar-refractivity contribution < 1.29 is 27.4 Å². The van der Waals surface area contributed by atoms with Gasteiger partial charge in [-0.1, -0.05) is 6.07 Å². The molecule has 0 radical (unpaired) electrons. The van der Waals surface area contributed by atoms with Gasteiger partial charge in [0.25, 0.3) is 0 Å². The van der Waals surface area contributed by atoms with Gasteiger partial charge in [-0.15, -0.1) is 0 Å². The first-order valence-electron chi connectivity index (χ1n) is 6.19. The van der Waals surface area contributed by atoms with Crippen molar-refractivity contribution in [3.63, 3.8) is 0 Å². The Morgan fingerprint density at radius 2 is 2.00 bits per heavy atom. The predicted molar refractivity (Wildman–Crippen MR) is 71.7 cm³/mol. The van der Waals surface area contributed by atoms with E-state index in [0.717, 1.165) is 12.1 Å². The standard InChI is InChI=1S/C14H16F3NO3/c1-10(8-13(19)21-7-6-20-2)18-12-5-3-4-11(9-12)14(15,16)17/h3-5,9H,6-8H2,1-2H3. The fourth-order valence-electron chi connectivity index (χ4n) is 1.51. The Balaban J connectivity index is 2.67. The lowest BCUT2D eigenvalue weighted by molar-refractivity contribution is -0.143. The molecule has 0 atom stereocenters. The Morgan fingerprint density at radius 3 is 2.62 bits per heavy atom. The fraction of sp³-hybridized carbons (Fsp3) is 0.429. The topological polar surface area (TPSA) is 47.9 Å². The van der Waals surface area contributed by atoms with Gasteiger partial charge >= 0.3 is 12.1 Å². The van der Waals surface area contributed by atoms with Gasteiger partial charge in [-0.05, 0) is 25.1 Å². The summed E-state index contributed by atoms with van der Waals surface area (Å²) in [5, 5.41) is 0. The van der Waals surface area contributed by atoms with Crippen molar-refractivity contribution in [2.45, 2.75) is 19.5 Å². The minimum Gasteiger partial charge on any atom is -0.463 e. The van der Waals surface area contributed by atoms with Crippen LogP contribution < -0.4 is 0 Å². The molecule has 0 spiro atoms. The molecule has 0 heterocycles. The zero-order valence-electron chi connectivity index (χ0n) is 11.7. The Labute approximate surface area is 120 Å². The van der Waals surface area contributed by atoms with Crippen LogP contribution in [0.4, 0.5) is 18.9 Å². The summed E-state index contributed by atoms with van der Waals surface area (Å²) >= 11 is 0. The Hall–Kier alpha value is -1.89. The molecule has 1 aromatic rings. The molecule has 1 rings (SSSR count). The number of hydrogen-bond donors (Lipinski definition) is 0. The molecule has 0 unspecified atom stereocenters. The maximum atomic E-state index is 12.6. The molecule has 116 valence electrons. The van der Waals surface area contributed by atoms with Crippen molar-refractivity contribution in [1.29, 1.82) is 0 Å². The number of alkyl halides is 3. The quantitative estimate of drug-likeness (QED) is 0.460. The Kier molecular flexibility index (Phi) is 6.36. The zero-order valence-corrected chi connectivity index (χ0v) is 11.7. The maximum Gasteiger partial charge on any atom is 0.416 e. The zero-order chi connectivity index (χ0) is 15.9. The van der Waals surface area contributed by atoms with Crippen molar-refractivity contribution in [3.05, 3.63) is 29.8 Å². The van der Waals surface area contributed by atoms with Crippen molar-refractivity contribution >= 4 is 17.4 Å². The molecule has 0 bridgehead atoms. The van der Waals surface area contributed by atoms with Gasteiger partial charge in [-0.2, -0.15) is 13.2 Å². The van der Waals surface area contributed by atoms with Gasteiger partial charge in [0.15, 0.2) is 0 Å². The molecule has 0 amide bonds. The first-order chi connectivity index (χ1) is 9.82. The highest BCUT2D eigenvalue weighted by Crippen LogP contribution is 2.31. The molecule has 7 heteroatoms. The number of methoxy groups -OCH3 is 1. The van der Waals surface area contributed by atoms with Crippen LogP contribution in [0.2, 0.25) is 0 Å². The van der Waals surface area contributed by atoms with E-state index in [-0.39, 0.29) is 25.3 Å². The summed E-state index contributed by atoms with van der Waals surface area (Å²) in [5.41, 5.74) is -0.261. The molecule has 1 aromatic carbocycles. The molecule has 0 saturated carbocycles. The van der Waals surface area contributed by atoms with Crippen molar-refractivity contribution in [1.82, 2.24) is 0 Å². The molecule has 0 aliphatic carbocycles. The normalized spacial score (nSPS) is 12.3. The van der Waals surface area contributed by atoms with Gasteiger partial charge in [0.05, 0.1) is 24.3 Å². The summed E-state index contributed by atoms with van der Waals surface area (Å²) in [7, 11) is 1.48. The third-order valence-corrected chi connectivity index (χ3v) is 2.44. The Morgan fingerprint density at radius 1 is 1.29 bits per heavy atom. The Bertz CT molecular complexity index is 512. The van der Waals surface area contributed by atoms with Crippen LogP contribution in [0.25, 0.3) is 0 Å². The van der Waals surface area contributed by atoms with Crippen LogP contribution in [0.15, 0.2) is 29.3 Å². The van der Waals surface area contributed by atoms with E-state index in [2.05, 4.69) is 4.99 Å². The molecular weight excluding hydrogens is 287 g/mol. The maximum absolute atomic E-state index is 12.6. The largest absolute Gasteiger partial charge is 0.463 e. The molecule has 0 aliphatic rings. The second-order valence-electron chi connectivity index (χ2n) is 4.29. The van der Waals surface area contributed by atoms with Crippen molar-refractivity contribution in [3.8, 4) is 0 Å². The van der Waals surface area contributed by atoms with Crippen LogP contribution >= 0.6 is 0 Å². The second kappa shape index (κ2) is 7.78. The number of nitrogens with zero attached hydrogens (tertiary/aromatic N) is 1. The minimum atomic E-state index is -4.42. The summed E-state index contributed by atoms with van der Waals surface area (Å²) in [6.07, 6.45) is -4.50. The van der Waals surface area contributed by atoms with E-state index in [1.807, 2.05) is 0 Å². The van der Waals surface area contributed by atoms with Crippen LogP contribution in [0.1, 0.15) is 18.9 Å². The van der Waals surface area contributed by atoms with E-state index in [1.54, 1.807) is 6.92 Å². The lowest BCUT2D eigenvalue weighted by Crippen LogP contribution is -2.12. The summed E-state index contributed by atoms with van der Waals surface area (Å²) in [5.74, 6) is -0.500. The van der Waals surface area contributed by atoms with Crippen molar-refractivity contribution in [2.24, 2.45) is 4.99 Å². The second-order valence-corrected chi connectivity index (χ2v) is 4.29. The van der Waals surface area contributed by atoms with E-state index in [4.69, 9.17) is 9.47 Å². The molecule has 0 fully saturated rings. The SMILES string of the molecule is COCCOC(=O)CC(C)=Nc1cccc(C(F)(F)F)c1. The smallest absolute Gasteiger partial charge is 0.416 e. The van der Waals surface area contributed by atoms with Gasteiger partial charge in [0.2, 0.25) is 0 Å². The molecular formula is C14H16F3NO3. The summed E-state index contributed by atoms with van der Waals surface area (Å²) < 4.78 is 47.2. The van der Waals surface area contributed by atoms with Crippen LogP contribution in [-0.2, 0) is 20.4 Å². The number of halogens is 3. The molecule has 4 nitrogen and oxygen atoms in total. The summed E-state index contributed by atoms with van der Waals surface area (Å²) in [6, 6.07) is 4.61. The lowest BCUT2D eigenvalue weighted by atomic mass is 10.2. The van der Waals surface area contributed by atoms with Crippen LogP contribution in [-0.4, -0.2) is 32.0 Å². The average Bonchev–Trinajstić information content (AvgIpc) is 2.38. The van der Waals surface area contributed by atoms with Gasteiger partial charge in [-0.3, -0.25) is 9.79 Å². The number of carbonyl (C=O) groups is 1. The minimum absolute atomic E-state index is 0.0834. The number of aliphatic imine (C=N–C) groups is 1. The highest BCUT2D eigenvalue weighted by Gasteiger charge is 2.30. The number of rotatable bonds is 6. The van der Waals surface area contributed by atoms with Gasteiger partial charge in [-0.25, -0.2) is 0 Å². The fourth-order valence-corrected chi connectivity index (χ4v) is 1.51. The van der Waals surface area contributed by atoms with E-state index in [1.165, 1.54) is 19.2 Å². The van der Waals surface area contributed by atoms with E-state index < -0.39 is 17.7 Å². The van der Waals surface area contributed by atoms with Gasteiger partial charge in [0, 0.05) is 12.8 Å². The average molecular weight is 303 g/mol. The molecule has 21 heavy (non-hydrogen) atoms. The number of ether oxygens (including phenoxy) is 2. The van der Waals surface area contributed by atoms with Gasteiger partial charge < -0.3 is 9.47 Å². The number of benzene rings is 1. The number of hydrogen-bond acceptors (Lipinski definition) is 4. The number of carbonyl (C=O) groups excluding carboxylic acids is 1. The van der Waals surface area contributed by atoms with Crippen LogP contribution in [0, 0.1) is 0 Å². The van der Waals surface area contributed by atoms with Gasteiger partial charge in [0.1, 0.15) is 6.61 Å². The van der Waals surface area contributed by atoms with E-state index in [0.29, 0.717) is 5.71 Å². The highest BCUT2D eigenvalue weighted by atomic mass is 19.4. The molecule has 0 saturated heterocycles. The number of esters is 1. The molecule has 0 N–H and O–H groups in total. The first-order valence-corrected chi connectivity index (χ1v) is 6.19. The monoisotopic (exact) mass is 303 g/mol. The summed E-state index contributed by atoms with van der Waals surface area (Å²) in [6.45, 7) is 1.97. The van der Waals surface area contributed by atoms with Crippen LogP contribution in [0.5, 0.6) is 0 Å². The predicted octanol–water partition coefficient (Wildman–Crippen LogP) is 3.38. The molecule has 0 aromatic heterocycles. The summed E-state index contributed by atoms with van der Waals surface area (Å²) in [4.78, 5) is 15.4. The van der Waals surface area contributed by atoms with E-state index >= 15 is 0 Å². The van der Waals surface area contributed by atoms with E-state index in [9.17, 15) is 18.0 Å². The first kappa shape index (κ1) is 17.2. The molecule has 0 aliphatic heterocycles. The van der Waals surface area contributed by atoms with Crippen LogP contribution in [0.3, 0.4) is 0 Å².